The van der Waals surface area contributed by atoms with Crippen molar-refractivity contribution in [2.24, 2.45) is 0 Å². The molecule has 2 aromatic heterocycles. The number of rotatable bonds is 7. The molecule has 1 fully saturated rings. The number of nitrogens with one attached hydrogen (secondary N) is 1. The van der Waals surface area contributed by atoms with E-state index in [0.717, 1.165) is 49.4 Å². The molecule has 31 heavy (non-hydrogen) atoms. The molecular weight excluding hydrogens is 391 g/mol. The monoisotopic (exact) mass is 416 g/mol. The zero-order valence-corrected chi connectivity index (χ0v) is 17.3. The molecule has 0 radical (unpaired) electrons. The van der Waals surface area contributed by atoms with Crippen molar-refractivity contribution in [2.45, 2.75) is 25.3 Å². The highest BCUT2D eigenvalue weighted by atomic mass is 19.1. The van der Waals surface area contributed by atoms with Crippen LogP contribution in [0.15, 0.2) is 66.9 Å². The summed E-state index contributed by atoms with van der Waals surface area (Å²) in [5, 5.41) is 8.94. The van der Waals surface area contributed by atoms with E-state index in [0.29, 0.717) is 18.3 Å². The van der Waals surface area contributed by atoms with E-state index in [1.807, 2.05) is 12.3 Å². The lowest BCUT2D eigenvalue weighted by molar-refractivity contribution is 0.320. The van der Waals surface area contributed by atoms with Crippen LogP contribution in [0.25, 0.3) is 10.9 Å². The minimum atomic E-state index is -0.256. The fraction of sp³-hybridized carbons (Fsp3) is 0.280. The van der Waals surface area contributed by atoms with Gasteiger partial charge in [0, 0.05) is 42.7 Å². The summed E-state index contributed by atoms with van der Waals surface area (Å²) in [6.07, 6.45) is 3.75. The van der Waals surface area contributed by atoms with Gasteiger partial charge < -0.3 is 4.74 Å². The van der Waals surface area contributed by atoms with Crippen LogP contribution >= 0.6 is 0 Å². The lowest BCUT2D eigenvalue weighted by Gasteiger charge is -2.16. The molecular formula is C25H25FN4O. The SMILES string of the molecule is Fc1ccc(OCCc2cc(C3CCN(Cc4ccnc5ccccc45)C3)n[nH]2)cc1. The lowest BCUT2D eigenvalue weighted by atomic mass is 10.0. The summed E-state index contributed by atoms with van der Waals surface area (Å²) < 4.78 is 18.7. The highest BCUT2D eigenvalue weighted by Crippen LogP contribution is 2.28. The first-order valence-corrected chi connectivity index (χ1v) is 10.7. The van der Waals surface area contributed by atoms with E-state index in [9.17, 15) is 4.39 Å². The first-order chi connectivity index (χ1) is 15.2. The fourth-order valence-corrected chi connectivity index (χ4v) is 4.28. The molecule has 2 aromatic carbocycles. The molecule has 0 saturated carbocycles. The quantitative estimate of drug-likeness (QED) is 0.474. The van der Waals surface area contributed by atoms with Crippen molar-refractivity contribution in [3.05, 3.63) is 89.6 Å². The van der Waals surface area contributed by atoms with Gasteiger partial charge in [-0.25, -0.2) is 4.39 Å². The molecule has 1 saturated heterocycles. The topological polar surface area (TPSA) is 54.0 Å². The summed E-state index contributed by atoms with van der Waals surface area (Å²) in [6.45, 7) is 3.53. The molecule has 0 spiro atoms. The van der Waals surface area contributed by atoms with E-state index in [-0.39, 0.29) is 5.82 Å². The molecule has 3 heterocycles. The second-order valence-electron chi connectivity index (χ2n) is 8.08. The summed E-state index contributed by atoms with van der Waals surface area (Å²) in [5.74, 6) is 0.862. The maximum atomic E-state index is 13.0. The molecule has 0 bridgehead atoms. The average Bonchev–Trinajstić information content (AvgIpc) is 3.45. The van der Waals surface area contributed by atoms with Crippen molar-refractivity contribution in [3.8, 4) is 5.75 Å². The highest BCUT2D eigenvalue weighted by molar-refractivity contribution is 5.81. The van der Waals surface area contributed by atoms with Crippen molar-refractivity contribution in [1.29, 1.82) is 0 Å². The minimum absolute atomic E-state index is 0.256. The summed E-state index contributed by atoms with van der Waals surface area (Å²) in [4.78, 5) is 6.97. The summed E-state index contributed by atoms with van der Waals surface area (Å²) >= 11 is 0. The Kier molecular flexibility index (Phi) is 5.63. The standard InChI is InChI=1S/C25H25FN4O/c26-20-5-7-22(8-6-20)31-14-11-21-15-25(29-28-21)19-10-13-30(17-19)16-18-9-12-27-24-4-2-1-3-23(18)24/h1-9,12,15,19H,10-11,13-14,16-17H2,(H,28,29). The number of aromatic amines is 1. The van der Waals surface area contributed by atoms with Gasteiger partial charge in [-0.15, -0.1) is 0 Å². The van der Waals surface area contributed by atoms with Gasteiger partial charge in [-0.05, 0) is 61.0 Å². The maximum Gasteiger partial charge on any atom is 0.123 e. The number of para-hydroxylation sites is 1. The number of ether oxygens (including phenoxy) is 1. The van der Waals surface area contributed by atoms with E-state index >= 15 is 0 Å². The molecule has 1 unspecified atom stereocenters. The molecule has 1 aliphatic rings. The van der Waals surface area contributed by atoms with Gasteiger partial charge in [0.25, 0.3) is 0 Å². The number of nitrogens with zero attached hydrogens (tertiary/aromatic N) is 3. The zero-order valence-electron chi connectivity index (χ0n) is 17.3. The van der Waals surface area contributed by atoms with Crippen molar-refractivity contribution < 1.29 is 9.13 Å². The molecule has 1 aliphatic heterocycles. The van der Waals surface area contributed by atoms with Crippen LogP contribution in [0.4, 0.5) is 4.39 Å². The molecule has 0 amide bonds. The molecule has 1 atom stereocenters. The molecule has 4 aromatic rings. The Morgan fingerprint density at radius 2 is 1.97 bits per heavy atom. The van der Waals surface area contributed by atoms with Gasteiger partial charge >= 0.3 is 0 Å². The normalized spacial score (nSPS) is 16.7. The first-order valence-electron chi connectivity index (χ1n) is 10.7. The third-order valence-corrected chi connectivity index (χ3v) is 5.93. The molecule has 5 nitrogen and oxygen atoms in total. The second kappa shape index (κ2) is 8.86. The number of aromatic nitrogens is 3. The Balaban J connectivity index is 1.16. The van der Waals surface area contributed by atoms with Crippen LogP contribution in [-0.4, -0.2) is 39.8 Å². The fourth-order valence-electron chi connectivity index (χ4n) is 4.28. The van der Waals surface area contributed by atoms with Crippen LogP contribution in [0.5, 0.6) is 5.75 Å². The molecule has 158 valence electrons. The lowest BCUT2D eigenvalue weighted by Crippen LogP contribution is -2.20. The molecule has 5 rings (SSSR count). The van der Waals surface area contributed by atoms with E-state index in [2.05, 4.69) is 50.4 Å². The number of hydrogen-bond acceptors (Lipinski definition) is 4. The summed E-state index contributed by atoms with van der Waals surface area (Å²) in [5.41, 5.74) is 4.57. The van der Waals surface area contributed by atoms with Crippen LogP contribution in [0.2, 0.25) is 0 Å². The largest absolute Gasteiger partial charge is 0.493 e. The van der Waals surface area contributed by atoms with Crippen LogP contribution < -0.4 is 4.74 Å². The Labute approximate surface area is 180 Å². The Bertz CT molecular complexity index is 1150. The van der Waals surface area contributed by atoms with Crippen LogP contribution in [-0.2, 0) is 13.0 Å². The van der Waals surface area contributed by atoms with E-state index in [4.69, 9.17) is 4.74 Å². The smallest absolute Gasteiger partial charge is 0.123 e. The summed E-state index contributed by atoms with van der Waals surface area (Å²) in [7, 11) is 0. The van der Waals surface area contributed by atoms with Crippen molar-refractivity contribution in [3.63, 3.8) is 0 Å². The molecule has 6 heteroatoms. The Morgan fingerprint density at radius 1 is 1.10 bits per heavy atom. The number of pyridine rings is 1. The Morgan fingerprint density at radius 3 is 2.87 bits per heavy atom. The van der Waals surface area contributed by atoms with Crippen LogP contribution in [0.1, 0.15) is 29.3 Å². The van der Waals surface area contributed by atoms with Gasteiger partial charge in [0.1, 0.15) is 11.6 Å². The van der Waals surface area contributed by atoms with Crippen LogP contribution in [0.3, 0.4) is 0 Å². The van der Waals surface area contributed by atoms with Crippen molar-refractivity contribution in [1.82, 2.24) is 20.1 Å². The van der Waals surface area contributed by atoms with Crippen molar-refractivity contribution in [2.75, 3.05) is 19.7 Å². The minimum Gasteiger partial charge on any atom is -0.493 e. The predicted molar refractivity (Wildman–Crippen MR) is 119 cm³/mol. The van der Waals surface area contributed by atoms with Gasteiger partial charge in [-0.1, -0.05) is 18.2 Å². The van der Waals surface area contributed by atoms with Gasteiger partial charge in [-0.3, -0.25) is 15.0 Å². The third-order valence-electron chi connectivity index (χ3n) is 5.93. The first kappa shape index (κ1) is 19.7. The van der Waals surface area contributed by atoms with Gasteiger partial charge in [0.15, 0.2) is 0 Å². The maximum absolute atomic E-state index is 13.0. The molecule has 0 aliphatic carbocycles. The third kappa shape index (κ3) is 4.59. The predicted octanol–water partition coefficient (Wildman–Crippen LogP) is 4.71. The Hall–Kier alpha value is -3.25. The number of fused-ring (bicyclic) bond motifs is 1. The number of likely N-dealkylation sites (tertiary alicyclic amines) is 1. The number of benzene rings is 2. The highest BCUT2D eigenvalue weighted by Gasteiger charge is 2.26. The van der Waals surface area contributed by atoms with Gasteiger partial charge in [0.05, 0.1) is 17.8 Å². The van der Waals surface area contributed by atoms with Crippen LogP contribution in [0, 0.1) is 5.82 Å². The van der Waals surface area contributed by atoms with Gasteiger partial charge in [-0.2, -0.15) is 5.10 Å². The number of H-pyrrole nitrogens is 1. The van der Waals surface area contributed by atoms with Gasteiger partial charge in [0.2, 0.25) is 0 Å². The van der Waals surface area contributed by atoms with E-state index in [1.54, 1.807) is 12.1 Å². The summed E-state index contributed by atoms with van der Waals surface area (Å²) in [6, 6.07) is 18.7. The zero-order chi connectivity index (χ0) is 21.0. The van der Waals surface area contributed by atoms with E-state index in [1.165, 1.54) is 23.1 Å². The number of halogens is 1. The van der Waals surface area contributed by atoms with E-state index < -0.39 is 0 Å². The van der Waals surface area contributed by atoms with Crippen molar-refractivity contribution >= 4 is 10.9 Å². The number of hydrogen-bond donors (Lipinski definition) is 1. The molecule has 1 N–H and O–H groups in total. The average molecular weight is 417 g/mol. The second-order valence-corrected chi connectivity index (χ2v) is 8.08.